The molecule has 2 aliphatic rings. The average molecular weight is 394 g/mol. The largest absolute Gasteiger partial charge is 0.363 e. The molecule has 2 atom stereocenters. The molecular weight excluding hydrogens is 371 g/mol. The van der Waals surface area contributed by atoms with Gasteiger partial charge in [-0.3, -0.25) is 4.79 Å². The maximum Gasteiger partial charge on any atom is 0.254 e. The number of rotatable bonds is 3. The third-order valence-corrected chi connectivity index (χ3v) is 5.96. The molecule has 1 fully saturated rings. The predicted octanol–water partition coefficient (Wildman–Crippen LogP) is 2.77. The number of hydrogen-bond donors (Lipinski definition) is 3. The number of pyridine rings is 2. The van der Waals surface area contributed by atoms with E-state index in [9.17, 15) is 4.79 Å². The van der Waals surface area contributed by atoms with Crippen molar-refractivity contribution in [2.45, 2.75) is 51.2 Å². The number of halogens is 1. The first-order valence-electron chi connectivity index (χ1n) is 10.00. The van der Waals surface area contributed by atoms with Gasteiger partial charge in [0.2, 0.25) is 0 Å². The first-order valence-corrected chi connectivity index (χ1v) is 10.00. The molecule has 29 heavy (non-hydrogen) atoms. The van der Waals surface area contributed by atoms with Crippen LogP contribution in [0, 0.1) is 12.7 Å². The second kappa shape index (κ2) is 6.81. The van der Waals surface area contributed by atoms with Gasteiger partial charge in [-0.2, -0.15) is 5.10 Å². The number of hydrogen-bond acceptors (Lipinski definition) is 5. The van der Waals surface area contributed by atoms with Crippen LogP contribution in [-0.4, -0.2) is 32.6 Å². The molecule has 1 saturated carbocycles. The molecule has 150 valence electrons. The number of aryl methyl sites for hydroxylation is 1. The van der Waals surface area contributed by atoms with Gasteiger partial charge in [0.1, 0.15) is 0 Å². The Morgan fingerprint density at radius 2 is 2.17 bits per heavy atom. The standard InChI is InChI=1S/C21H23FN6O/c1-11-6-7-28-16(8-11)12(10-25-28)19-17-13(9-24-21(17)29)18(22)20(27-19)26-15-5-3-2-4-14(15)23/h6-8,10,14-15H,2-5,9,23H2,1H3,(H,24,29)(H,26,27)/t14-,15+/m0/s1. The first-order chi connectivity index (χ1) is 14.0. The molecule has 4 heterocycles. The summed E-state index contributed by atoms with van der Waals surface area (Å²) in [6.07, 6.45) is 7.46. The van der Waals surface area contributed by atoms with E-state index in [4.69, 9.17) is 5.73 Å². The van der Waals surface area contributed by atoms with E-state index < -0.39 is 5.82 Å². The molecule has 1 aliphatic carbocycles. The Hall–Kier alpha value is -3.00. The van der Waals surface area contributed by atoms with Crippen molar-refractivity contribution >= 4 is 17.2 Å². The van der Waals surface area contributed by atoms with Crippen molar-refractivity contribution in [2.24, 2.45) is 5.73 Å². The van der Waals surface area contributed by atoms with Crippen molar-refractivity contribution in [3.8, 4) is 11.3 Å². The Labute approximate surface area is 167 Å². The third-order valence-electron chi connectivity index (χ3n) is 5.96. The third kappa shape index (κ3) is 2.95. The van der Waals surface area contributed by atoms with E-state index in [1.54, 1.807) is 10.7 Å². The van der Waals surface area contributed by atoms with Crippen LogP contribution in [-0.2, 0) is 6.54 Å². The molecule has 0 radical (unpaired) electrons. The summed E-state index contributed by atoms with van der Waals surface area (Å²) in [6.45, 7) is 2.14. The second-order valence-electron chi connectivity index (χ2n) is 7.95. The number of nitrogens with one attached hydrogen (secondary N) is 2. The molecule has 0 saturated heterocycles. The maximum absolute atomic E-state index is 15.2. The van der Waals surface area contributed by atoms with E-state index in [1.165, 1.54) is 0 Å². The molecule has 0 bridgehead atoms. The Balaban J connectivity index is 1.67. The van der Waals surface area contributed by atoms with Gasteiger partial charge in [0.15, 0.2) is 11.6 Å². The fourth-order valence-corrected chi connectivity index (χ4v) is 4.35. The predicted molar refractivity (Wildman–Crippen MR) is 108 cm³/mol. The normalized spacial score (nSPS) is 21.3. The highest BCUT2D eigenvalue weighted by Crippen LogP contribution is 2.35. The highest BCUT2D eigenvalue weighted by molar-refractivity contribution is 6.05. The molecular formula is C21H23FN6O. The number of amides is 1. The van der Waals surface area contributed by atoms with Crippen molar-refractivity contribution in [1.29, 1.82) is 0 Å². The molecule has 0 unspecified atom stereocenters. The fraction of sp³-hybridized carbons (Fsp3) is 0.381. The monoisotopic (exact) mass is 394 g/mol. The Kier molecular flexibility index (Phi) is 4.24. The highest BCUT2D eigenvalue weighted by Gasteiger charge is 2.32. The quantitative estimate of drug-likeness (QED) is 0.635. The number of carbonyl (C=O) groups excluding carboxylic acids is 1. The van der Waals surface area contributed by atoms with E-state index >= 15 is 4.39 Å². The second-order valence-corrected chi connectivity index (χ2v) is 7.95. The minimum absolute atomic E-state index is 0.0344. The lowest BCUT2D eigenvalue weighted by Gasteiger charge is -2.30. The van der Waals surface area contributed by atoms with Gasteiger partial charge in [-0.15, -0.1) is 0 Å². The smallest absolute Gasteiger partial charge is 0.254 e. The summed E-state index contributed by atoms with van der Waals surface area (Å²) in [5.74, 6) is -0.633. The van der Waals surface area contributed by atoms with E-state index in [-0.39, 0.29) is 35.9 Å². The molecule has 0 spiro atoms. The minimum Gasteiger partial charge on any atom is -0.363 e. The van der Waals surface area contributed by atoms with Gasteiger partial charge in [0.25, 0.3) is 5.91 Å². The zero-order chi connectivity index (χ0) is 20.1. The Morgan fingerprint density at radius 3 is 3.00 bits per heavy atom. The summed E-state index contributed by atoms with van der Waals surface area (Å²) in [6, 6.07) is 3.86. The number of nitrogens with two attached hydrogens (primary N) is 1. The van der Waals surface area contributed by atoms with E-state index in [1.807, 2.05) is 25.3 Å². The molecule has 1 amide bonds. The number of carbonyl (C=O) groups is 1. The van der Waals surface area contributed by atoms with Gasteiger partial charge >= 0.3 is 0 Å². The highest BCUT2D eigenvalue weighted by atomic mass is 19.1. The van der Waals surface area contributed by atoms with E-state index in [0.29, 0.717) is 16.8 Å². The van der Waals surface area contributed by atoms with Crippen LogP contribution < -0.4 is 16.4 Å². The molecule has 0 aromatic carbocycles. The Morgan fingerprint density at radius 1 is 1.34 bits per heavy atom. The molecule has 4 N–H and O–H groups in total. The zero-order valence-electron chi connectivity index (χ0n) is 16.2. The summed E-state index contributed by atoms with van der Waals surface area (Å²) >= 11 is 0. The van der Waals surface area contributed by atoms with Crippen LogP contribution in [0.2, 0.25) is 0 Å². The summed E-state index contributed by atoms with van der Waals surface area (Å²) < 4.78 is 17.0. The summed E-state index contributed by atoms with van der Waals surface area (Å²) in [4.78, 5) is 17.1. The molecule has 3 aromatic heterocycles. The van der Waals surface area contributed by atoms with Crippen LogP contribution in [0.25, 0.3) is 16.8 Å². The fourth-order valence-electron chi connectivity index (χ4n) is 4.35. The van der Waals surface area contributed by atoms with Crippen molar-refractivity contribution in [1.82, 2.24) is 19.9 Å². The van der Waals surface area contributed by atoms with Crippen LogP contribution in [0.15, 0.2) is 24.5 Å². The molecule has 5 rings (SSSR count). The lowest BCUT2D eigenvalue weighted by molar-refractivity contribution is 0.0966. The topological polar surface area (TPSA) is 97.3 Å². The van der Waals surface area contributed by atoms with Crippen molar-refractivity contribution in [3.63, 3.8) is 0 Å². The molecule has 8 heteroatoms. The maximum atomic E-state index is 15.2. The average Bonchev–Trinajstić information content (AvgIpc) is 3.30. The SMILES string of the molecule is Cc1ccn2ncc(-c3nc(N[C@@H]4CCCC[C@@H]4N)c(F)c4c3C(=O)NC4)c2c1. The van der Waals surface area contributed by atoms with Gasteiger partial charge < -0.3 is 16.4 Å². The van der Waals surface area contributed by atoms with Gasteiger partial charge in [-0.25, -0.2) is 13.9 Å². The number of nitrogens with zero attached hydrogens (tertiary/aromatic N) is 3. The number of aromatic nitrogens is 3. The van der Waals surface area contributed by atoms with E-state index in [2.05, 4.69) is 20.7 Å². The van der Waals surface area contributed by atoms with Crippen LogP contribution in [0.1, 0.15) is 47.2 Å². The van der Waals surface area contributed by atoms with Gasteiger partial charge in [-0.1, -0.05) is 12.8 Å². The summed E-state index contributed by atoms with van der Waals surface area (Å²) in [5, 5.41) is 10.3. The van der Waals surface area contributed by atoms with Crippen LogP contribution in [0.5, 0.6) is 0 Å². The van der Waals surface area contributed by atoms with Crippen LogP contribution in [0.3, 0.4) is 0 Å². The van der Waals surface area contributed by atoms with Crippen LogP contribution >= 0.6 is 0 Å². The van der Waals surface area contributed by atoms with E-state index in [0.717, 1.165) is 36.8 Å². The molecule has 3 aromatic rings. The van der Waals surface area contributed by atoms with Crippen molar-refractivity contribution in [3.05, 3.63) is 47.0 Å². The minimum atomic E-state index is -0.479. The molecule has 1 aliphatic heterocycles. The lowest BCUT2D eigenvalue weighted by atomic mass is 9.91. The first kappa shape index (κ1) is 18.1. The van der Waals surface area contributed by atoms with Crippen molar-refractivity contribution < 1.29 is 9.18 Å². The van der Waals surface area contributed by atoms with Gasteiger partial charge in [0, 0.05) is 36.0 Å². The van der Waals surface area contributed by atoms with Gasteiger partial charge in [-0.05, 0) is 37.5 Å². The number of anilines is 1. The zero-order valence-corrected chi connectivity index (χ0v) is 16.2. The van der Waals surface area contributed by atoms with Gasteiger partial charge in [0.05, 0.1) is 23.0 Å². The Bertz CT molecular complexity index is 1120. The number of fused-ring (bicyclic) bond motifs is 2. The summed E-state index contributed by atoms with van der Waals surface area (Å²) in [5.41, 5.74) is 9.92. The lowest BCUT2D eigenvalue weighted by Crippen LogP contribution is -2.43. The van der Waals surface area contributed by atoms with Crippen molar-refractivity contribution in [2.75, 3.05) is 5.32 Å². The van der Waals surface area contributed by atoms with Crippen LogP contribution in [0.4, 0.5) is 10.2 Å². The molecule has 7 nitrogen and oxygen atoms in total. The summed E-state index contributed by atoms with van der Waals surface area (Å²) in [7, 11) is 0.